The molecule has 5 N–H and O–H groups in total. The molecule has 0 aromatic carbocycles. The van der Waals surface area contributed by atoms with Gasteiger partial charge >= 0.3 is 12.1 Å². The van der Waals surface area contributed by atoms with Gasteiger partial charge in [0.05, 0.1) is 0 Å². The van der Waals surface area contributed by atoms with E-state index in [9.17, 15) is 22.2 Å². The van der Waals surface area contributed by atoms with Crippen molar-refractivity contribution in [3.05, 3.63) is 0 Å². The molecule has 0 rings (SSSR count). The number of aliphatic hydroxyl groups is 1. The molecule has 0 amide bonds. The molecule has 0 saturated carbocycles. The lowest BCUT2D eigenvalue weighted by molar-refractivity contribution is -0.138. The summed E-state index contributed by atoms with van der Waals surface area (Å²) in [6, 6.07) is -1.23. The SMILES string of the molecule is CO.N=[S@](=O)(CCCC(F)(F)F)CCC(N)C(=O)O. The summed E-state index contributed by atoms with van der Waals surface area (Å²) in [4.78, 5) is 10.3. The van der Waals surface area contributed by atoms with E-state index >= 15 is 0 Å². The van der Waals surface area contributed by atoms with Gasteiger partial charge in [-0.15, -0.1) is 0 Å². The van der Waals surface area contributed by atoms with Crippen LogP contribution in [0.5, 0.6) is 0 Å². The maximum absolute atomic E-state index is 11.8. The van der Waals surface area contributed by atoms with Gasteiger partial charge in [0.15, 0.2) is 0 Å². The van der Waals surface area contributed by atoms with Gasteiger partial charge < -0.3 is 15.9 Å². The lowest BCUT2D eigenvalue weighted by Gasteiger charge is -2.10. The summed E-state index contributed by atoms with van der Waals surface area (Å²) < 4.78 is 54.1. The highest BCUT2D eigenvalue weighted by Gasteiger charge is 2.27. The van der Waals surface area contributed by atoms with E-state index in [1.165, 1.54) is 0 Å². The van der Waals surface area contributed by atoms with E-state index in [-0.39, 0.29) is 12.2 Å². The lowest BCUT2D eigenvalue weighted by atomic mass is 10.2. The lowest BCUT2D eigenvalue weighted by Crippen LogP contribution is -2.32. The third-order valence-corrected chi connectivity index (χ3v) is 3.85. The molecule has 2 atom stereocenters. The van der Waals surface area contributed by atoms with Crippen LogP contribution in [0.15, 0.2) is 0 Å². The summed E-state index contributed by atoms with van der Waals surface area (Å²) >= 11 is 0. The Morgan fingerprint density at radius 1 is 1.37 bits per heavy atom. The molecule has 0 spiro atoms. The minimum atomic E-state index is -4.33. The summed E-state index contributed by atoms with van der Waals surface area (Å²) in [5.74, 6) is -1.97. The first-order chi connectivity index (χ1) is 8.53. The molecule has 0 heterocycles. The number of halogens is 3. The van der Waals surface area contributed by atoms with Crippen molar-refractivity contribution in [2.75, 3.05) is 18.6 Å². The first-order valence-corrected chi connectivity index (χ1v) is 7.17. The first kappa shape index (κ1) is 20.4. The molecule has 0 saturated heterocycles. The Hall–Kier alpha value is -0.870. The van der Waals surface area contributed by atoms with Crippen LogP contribution in [0.2, 0.25) is 0 Å². The van der Waals surface area contributed by atoms with Gasteiger partial charge in [0.2, 0.25) is 0 Å². The number of carboxylic acid groups (broad SMARTS) is 1. The molecular weight excluding hydrogens is 289 g/mol. The summed E-state index contributed by atoms with van der Waals surface area (Å²) in [6.07, 6.45) is -5.99. The van der Waals surface area contributed by atoms with Gasteiger partial charge in [0.25, 0.3) is 0 Å². The van der Waals surface area contributed by atoms with Gasteiger partial charge in [0.1, 0.15) is 6.04 Å². The van der Waals surface area contributed by atoms with E-state index in [0.717, 1.165) is 7.11 Å². The number of hydrogen-bond acceptors (Lipinski definition) is 5. The van der Waals surface area contributed by atoms with Crippen LogP contribution in [0.4, 0.5) is 13.2 Å². The van der Waals surface area contributed by atoms with Crippen molar-refractivity contribution in [1.82, 2.24) is 0 Å². The van der Waals surface area contributed by atoms with Gasteiger partial charge in [-0.1, -0.05) is 0 Å². The molecule has 10 heteroatoms. The highest BCUT2D eigenvalue weighted by molar-refractivity contribution is 7.92. The van der Waals surface area contributed by atoms with Crippen molar-refractivity contribution < 1.29 is 32.4 Å². The zero-order chi connectivity index (χ0) is 15.7. The topological polar surface area (TPSA) is 124 Å². The standard InChI is InChI=1S/C8H15F3N2O3S.CH4O/c9-8(10,11)3-1-4-17(13,16)5-2-6(12)7(14)15;1-2/h6,13H,1-5,12H2,(H,14,15);2H,1H3/t6?,17-;/m0./s1. The second-order valence-electron chi connectivity index (χ2n) is 3.67. The fourth-order valence-electron chi connectivity index (χ4n) is 1.05. The largest absolute Gasteiger partial charge is 0.480 e. The van der Waals surface area contributed by atoms with Crippen LogP contribution < -0.4 is 5.73 Å². The van der Waals surface area contributed by atoms with Gasteiger partial charge in [0, 0.05) is 34.8 Å². The molecular formula is C9H19F3N2O4S. The zero-order valence-electron chi connectivity index (χ0n) is 10.4. The average Bonchev–Trinajstić information content (AvgIpc) is 2.26. The van der Waals surface area contributed by atoms with E-state index in [2.05, 4.69) is 0 Å². The molecule has 6 nitrogen and oxygen atoms in total. The number of aliphatic hydroxyl groups excluding tert-OH is 1. The zero-order valence-corrected chi connectivity index (χ0v) is 11.3. The van der Waals surface area contributed by atoms with Gasteiger partial charge in [-0.05, 0) is 12.8 Å². The minimum absolute atomic E-state index is 0.177. The Balaban J connectivity index is 0. The number of nitrogens with one attached hydrogen (secondary N) is 1. The number of alkyl halides is 3. The van der Waals surface area contributed by atoms with Crippen LogP contribution >= 0.6 is 0 Å². The molecule has 0 fully saturated rings. The Labute approximate surface area is 109 Å². The first-order valence-electron chi connectivity index (χ1n) is 5.27. The monoisotopic (exact) mass is 308 g/mol. The normalized spacial score (nSPS) is 15.9. The highest BCUT2D eigenvalue weighted by Crippen LogP contribution is 2.21. The summed E-state index contributed by atoms with van der Waals surface area (Å²) in [6.45, 7) is 0. The van der Waals surface area contributed by atoms with Gasteiger partial charge in [-0.2, -0.15) is 13.2 Å². The minimum Gasteiger partial charge on any atom is -0.480 e. The van der Waals surface area contributed by atoms with E-state index in [0.29, 0.717) is 0 Å². The number of carboxylic acids is 1. The molecule has 0 bridgehead atoms. The van der Waals surface area contributed by atoms with Crippen molar-refractivity contribution >= 4 is 15.7 Å². The van der Waals surface area contributed by atoms with E-state index < -0.39 is 46.5 Å². The van der Waals surface area contributed by atoms with Crippen molar-refractivity contribution in [2.45, 2.75) is 31.5 Å². The molecule has 0 radical (unpaired) electrons. The van der Waals surface area contributed by atoms with Crippen molar-refractivity contribution in [2.24, 2.45) is 5.73 Å². The van der Waals surface area contributed by atoms with E-state index in [1.54, 1.807) is 0 Å². The predicted molar refractivity (Wildman–Crippen MR) is 64.3 cm³/mol. The average molecular weight is 308 g/mol. The molecule has 116 valence electrons. The van der Waals surface area contributed by atoms with Crippen molar-refractivity contribution in [1.29, 1.82) is 4.78 Å². The maximum atomic E-state index is 11.8. The smallest absolute Gasteiger partial charge is 0.389 e. The number of aliphatic carboxylic acids is 1. The van der Waals surface area contributed by atoms with Crippen LogP contribution in [0, 0.1) is 4.78 Å². The molecule has 0 aliphatic heterocycles. The predicted octanol–water partition coefficient (Wildman–Crippen LogP) is 0.786. The molecule has 0 aromatic rings. The maximum Gasteiger partial charge on any atom is 0.389 e. The summed E-state index contributed by atoms with van der Waals surface area (Å²) in [5, 5.41) is 15.4. The number of rotatable bonds is 7. The molecule has 0 aliphatic rings. The Morgan fingerprint density at radius 2 is 1.84 bits per heavy atom. The number of nitrogens with two attached hydrogens (primary N) is 1. The van der Waals surface area contributed by atoms with Crippen LogP contribution in [-0.2, 0) is 14.5 Å². The quantitative estimate of drug-likeness (QED) is 0.553. The van der Waals surface area contributed by atoms with Crippen LogP contribution in [0.3, 0.4) is 0 Å². The third-order valence-electron chi connectivity index (χ3n) is 2.01. The Bertz CT molecular complexity index is 357. The summed E-state index contributed by atoms with van der Waals surface area (Å²) in [5.41, 5.74) is 5.13. The van der Waals surface area contributed by atoms with Crippen molar-refractivity contribution in [3.8, 4) is 0 Å². The number of hydrogen-bond donors (Lipinski definition) is 4. The third kappa shape index (κ3) is 13.4. The van der Waals surface area contributed by atoms with E-state index in [4.69, 9.17) is 20.7 Å². The second-order valence-corrected chi connectivity index (χ2v) is 6.11. The van der Waals surface area contributed by atoms with Gasteiger partial charge in [-0.3, -0.25) is 9.57 Å². The molecule has 0 aromatic heterocycles. The van der Waals surface area contributed by atoms with E-state index in [1.807, 2.05) is 0 Å². The fourth-order valence-corrected chi connectivity index (χ4v) is 2.50. The fraction of sp³-hybridized carbons (Fsp3) is 0.889. The Kier molecular flexibility index (Phi) is 9.79. The van der Waals surface area contributed by atoms with Gasteiger partial charge in [-0.25, -0.2) is 4.21 Å². The summed E-state index contributed by atoms with van der Waals surface area (Å²) in [7, 11) is -2.18. The van der Waals surface area contributed by atoms with Crippen LogP contribution in [0.25, 0.3) is 0 Å². The molecule has 0 aliphatic carbocycles. The van der Waals surface area contributed by atoms with Crippen molar-refractivity contribution in [3.63, 3.8) is 0 Å². The second kappa shape index (κ2) is 9.10. The number of carbonyl (C=O) groups is 1. The van der Waals surface area contributed by atoms with Crippen LogP contribution in [0.1, 0.15) is 19.3 Å². The van der Waals surface area contributed by atoms with Crippen LogP contribution in [-0.4, -0.2) is 51.2 Å². The Morgan fingerprint density at radius 3 is 2.21 bits per heavy atom. The molecule has 1 unspecified atom stereocenters. The molecule has 19 heavy (non-hydrogen) atoms. The highest BCUT2D eigenvalue weighted by atomic mass is 32.2.